The fraction of sp³-hybridized carbons (Fsp3) is 0.182. The van der Waals surface area contributed by atoms with E-state index in [-0.39, 0.29) is 0 Å². The fourth-order valence-electron chi connectivity index (χ4n) is 3.47. The minimum absolute atomic E-state index is 0.459. The predicted octanol–water partition coefficient (Wildman–Crippen LogP) is 5.67. The summed E-state index contributed by atoms with van der Waals surface area (Å²) in [5.41, 5.74) is 4.98. The molecule has 0 fully saturated rings. The number of hydrogen-bond acceptors (Lipinski definition) is 1. The Morgan fingerprint density at radius 2 is 1.96 bits per heavy atom. The van der Waals surface area contributed by atoms with Gasteiger partial charge < -0.3 is 10.3 Å². The molecule has 4 rings (SSSR count). The zero-order valence-electron chi connectivity index (χ0n) is 14.0. The zero-order chi connectivity index (χ0) is 17.1. The van der Waals surface area contributed by atoms with Crippen molar-refractivity contribution in [3.05, 3.63) is 83.0 Å². The van der Waals surface area contributed by atoms with Crippen LogP contribution in [0, 0.1) is 0 Å². The summed E-state index contributed by atoms with van der Waals surface area (Å²) in [7, 11) is 0. The Morgan fingerprint density at radius 1 is 1.08 bits per heavy atom. The topological polar surface area (TPSA) is 27.8 Å². The molecular weight excluding hydrogens is 328 g/mol. The van der Waals surface area contributed by atoms with E-state index in [0.29, 0.717) is 6.04 Å². The summed E-state index contributed by atoms with van der Waals surface area (Å²) in [6, 6.07) is 17.2. The van der Waals surface area contributed by atoms with Crippen molar-refractivity contribution in [3.63, 3.8) is 0 Å². The molecule has 2 aromatic carbocycles. The molecule has 0 radical (unpaired) electrons. The van der Waals surface area contributed by atoms with Crippen LogP contribution in [0.25, 0.3) is 22.6 Å². The highest BCUT2D eigenvalue weighted by Gasteiger charge is 2.14. The molecule has 1 aliphatic rings. The van der Waals surface area contributed by atoms with Crippen LogP contribution in [0.1, 0.15) is 24.0 Å². The molecule has 3 aromatic rings. The van der Waals surface area contributed by atoms with Crippen molar-refractivity contribution < 1.29 is 0 Å². The van der Waals surface area contributed by atoms with Crippen LogP contribution in [0.4, 0.5) is 0 Å². The molecular formula is C22H21ClN2. The van der Waals surface area contributed by atoms with Gasteiger partial charge >= 0.3 is 0 Å². The number of hydrogen-bond donors (Lipinski definition) is 2. The molecule has 1 aliphatic heterocycles. The van der Waals surface area contributed by atoms with Crippen molar-refractivity contribution in [1.82, 2.24) is 10.3 Å². The van der Waals surface area contributed by atoms with Gasteiger partial charge in [0.2, 0.25) is 0 Å². The first-order valence-electron chi connectivity index (χ1n) is 8.71. The van der Waals surface area contributed by atoms with Gasteiger partial charge in [-0.25, -0.2) is 0 Å². The maximum atomic E-state index is 6.39. The van der Waals surface area contributed by atoms with Crippen LogP contribution in [-0.2, 0) is 0 Å². The summed E-state index contributed by atoms with van der Waals surface area (Å²) < 4.78 is 0. The van der Waals surface area contributed by atoms with E-state index in [1.165, 1.54) is 16.5 Å². The number of benzene rings is 2. The highest BCUT2D eigenvalue weighted by molar-refractivity contribution is 6.33. The lowest BCUT2D eigenvalue weighted by atomic mass is 9.93. The van der Waals surface area contributed by atoms with Gasteiger partial charge in [-0.3, -0.25) is 0 Å². The van der Waals surface area contributed by atoms with Crippen molar-refractivity contribution in [1.29, 1.82) is 0 Å². The Labute approximate surface area is 153 Å². The molecule has 1 unspecified atom stereocenters. The number of rotatable bonds is 4. The van der Waals surface area contributed by atoms with Gasteiger partial charge in [0.15, 0.2) is 0 Å². The molecule has 126 valence electrons. The molecule has 0 saturated carbocycles. The molecule has 1 aromatic heterocycles. The van der Waals surface area contributed by atoms with Gasteiger partial charge in [-0.1, -0.05) is 60.2 Å². The van der Waals surface area contributed by atoms with Crippen molar-refractivity contribution >= 4 is 34.2 Å². The lowest BCUT2D eigenvalue weighted by Gasteiger charge is -2.23. The number of nitrogens with one attached hydrogen (secondary N) is 2. The molecule has 0 aliphatic carbocycles. The number of aromatic nitrogens is 1. The molecule has 2 heterocycles. The van der Waals surface area contributed by atoms with Gasteiger partial charge in [-0.05, 0) is 42.2 Å². The molecule has 2 N–H and O–H groups in total. The maximum absolute atomic E-state index is 6.39. The second kappa shape index (κ2) is 7.30. The zero-order valence-corrected chi connectivity index (χ0v) is 14.8. The molecule has 25 heavy (non-hydrogen) atoms. The monoisotopic (exact) mass is 348 g/mol. The van der Waals surface area contributed by atoms with E-state index in [1.54, 1.807) is 0 Å². The highest BCUT2D eigenvalue weighted by Crippen LogP contribution is 2.28. The largest absolute Gasteiger partial charge is 0.361 e. The lowest BCUT2D eigenvalue weighted by molar-refractivity contribution is 0.542. The van der Waals surface area contributed by atoms with Crippen LogP contribution in [0.15, 0.2) is 66.9 Å². The third-order valence-electron chi connectivity index (χ3n) is 4.79. The van der Waals surface area contributed by atoms with E-state index in [0.717, 1.165) is 35.5 Å². The normalized spacial score (nSPS) is 18.0. The van der Waals surface area contributed by atoms with Gasteiger partial charge in [0.1, 0.15) is 0 Å². The van der Waals surface area contributed by atoms with Crippen LogP contribution in [0.3, 0.4) is 0 Å². The first-order valence-corrected chi connectivity index (χ1v) is 9.09. The summed E-state index contributed by atoms with van der Waals surface area (Å²) in [4.78, 5) is 3.24. The first kappa shape index (κ1) is 16.2. The van der Waals surface area contributed by atoms with Crippen molar-refractivity contribution in [2.45, 2.75) is 18.9 Å². The van der Waals surface area contributed by atoms with E-state index in [9.17, 15) is 0 Å². The minimum atomic E-state index is 0.459. The van der Waals surface area contributed by atoms with Gasteiger partial charge in [0, 0.05) is 40.3 Å². The van der Waals surface area contributed by atoms with E-state index < -0.39 is 0 Å². The average molecular weight is 349 g/mol. The Bertz CT molecular complexity index is 922. The maximum Gasteiger partial charge on any atom is 0.0485 e. The van der Waals surface area contributed by atoms with Crippen LogP contribution >= 0.6 is 11.6 Å². The predicted molar refractivity (Wildman–Crippen MR) is 108 cm³/mol. The summed E-state index contributed by atoms with van der Waals surface area (Å²) in [5, 5.41) is 5.55. The van der Waals surface area contributed by atoms with Crippen molar-refractivity contribution in [3.8, 4) is 0 Å². The number of fused-ring (bicyclic) bond motifs is 1. The molecule has 0 spiro atoms. The van der Waals surface area contributed by atoms with E-state index in [4.69, 9.17) is 11.6 Å². The summed E-state index contributed by atoms with van der Waals surface area (Å²) >= 11 is 6.39. The van der Waals surface area contributed by atoms with Crippen LogP contribution in [-0.4, -0.2) is 17.6 Å². The van der Waals surface area contributed by atoms with Gasteiger partial charge in [0.05, 0.1) is 0 Å². The Kier molecular flexibility index (Phi) is 4.73. The Morgan fingerprint density at radius 3 is 2.84 bits per heavy atom. The van der Waals surface area contributed by atoms with Gasteiger partial charge in [-0.15, -0.1) is 0 Å². The van der Waals surface area contributed by atoms with Crippen LogP contribution < -0.4 is 5.32 Å². The minimum Gasteiger partial charge on any atom is -0.361 e. The SMILES string of the molecule is Clc1ccc2[nH]ccc2c1/C=C/CC1CC(c2ccccc2)=CCN1. The summed E-state index contributed by atoms with van der Waals surface area (Å²) in [6.45, 7) is 0.927. The third-order valence-corrected chi connectivity index (χ3v) is 5.12. The number of aromatic amines is 1. The smallest absolute Gasteiger partial charge is 0.0485 e. The van der Waals surface area contributed by atoms with Crippen molar-refractivity contribution in [2.24, 2.45) is 0 Å². The molecule has 1 atom stereocenters. The lowest BCUT2D eigenvalue weighted by Crippen LogP contribution is -2.32. The molecule has 0 amide bonds. The quantitative estimate of drug-likeness (QED) is 0.624. The first-order chi connectivity index (χ1) is 12.3. The highest BCUT2D eigenvalue weighted by atomic mass is 35.5. The average Bonchev–Trinajstić information content (AvgIpc) is 3.13. The second-order valence-corrected chi connectivity index (χ2v) is 6.85. The summed E-state index contributed by atoms with van der Waals surface area (Å²) in [6.07, 6.45) is 10.7. The third kappa shape index (κ3) is 3.55. The van der Waals surface area contributed by atoms with Crippen LogP contribution in [0.5, 0.6) is 0 Å². The number of halogens is 1. The van der Waals surface area contributed by atoms with Gasteiger partial charge in [-0.2, -0.15) is 0 Å². The van der Waals surface area contributed by atoms with E-state index in [1.807, 2.05) is 18.3 Å². The second-order valence-electron chi connectivity index (χ2n) is 6.44. The standard InChI is InChI=1S/C22H21ClN2/c23-21-9-10-22-20(12-14-25-22)19(21)8-4-7-18-15-17(11-13-24-18)16-5-2-1-3-6-16/h1-6,8-12,14,18,24-25H,7,13,15H2/b8-4+. The molecule has 3 heteroatoms. The van der Waals surface area contributed by atoms with Crippen LogP contribution in [0.2, 0.25) is 5.02 Å². The molecule has 0 saturated heterocycles. The summed E-state index contributed by atoms with van der Waals surface area (Å²) in [5.74, 6) is 0. The van der Waals surface area contributed by atoms with Crippen molar-refractivity contribution in [2.75, 3.05) is 6.54 Å². The number of H-pyrrole nitrogens is 1. The Balaban J connectivity index is 1.46. The fourth-order valence-corrected chi connectivity index (χ4v) is 3.70. The van der Waals surface area contributed by atoms with E-state index in [2.05, 4.69) is 64.9 Å². The molecule has 2 nitrogen and oxygen atoms in total. The van der Waals surface area contributed by atoms with Gasteiger partial charge in [0.25, 0.3) is 0 Å². The molecule has 0 bridgehead atoms. The Hall–Kier alpha value is -2.29. The van der Waals surface area contributed by atoms with E-state index >= 15 is 0 Å².